The fraction of sp³-hybridized carbons (Fsp3) is 0.833. The number of nitrogens with one attached hydrogen (secondary N) is 2. The lowest BCUT2D eigenvalue weighted by atomic mass is 9.79. The van der Waals surface area contributed by atoms with Crippen molar-refractivity contribution in [2.24, 2.45) is 5.41 Å². The molecule has 0 saturated carbocycles. The molecule has 0 bridgehead atoms. The van der Waals surface area contributed by atoms with Crippen molar-refractivity contribution in [2.45, 2.75) is 25.7 Å². The van der Waals surface area contributed by atoms with Crippen LogP contribution in [0.4, 0.5) is 0 Å². The second-order valence-corrected chi connectivity index (χ2v) is 5.23. The highest BCUT2D eigenvalue weighted by molar-refractivity contribution is 5.85. The third-order valence-corrected chi connectivity index (χ3v) is 3.80. The highest BCUT2D eigenvalue weighted by atomic mass is 35.5. The highest BCUT2D eigenvalue weighted by Crippen LogP contribution is 2.36. The number of carbonyl (C=O) groups is 2. The smallest absolute Gasteiger partial charge is 0.223 e. The van der Waals surface area contributed by atoms with Gasteiger partial charge in [0.2, 0.25) is 11.8 Å². The third kappa shape index (κ3) is 3.36. The summed E-state index contributed by atoms with van der Waals surface area (Å²) in [6, 6.07) is 0. The molecular weight excluding hydrogens is 254 g/mol. The van der Waals surface area contributed by atoms with Gasteiger partial charge in [-0.25, -0.2) is 0 Å². The molecule has 0 radical (unpaired) electrons. The summed E-state index contributed by atoms with van der Waals surface area (Å²) in [5.74, 6) is 0.340. The van der Waals surface area contributed by atoms with Crippen molar-refractivity contribution in [1.82, 2.24) is 15.5 Å². The SMILES string of the molecule is CNCCC(=O)N1CCCC2(CNC(=O)C2)C1.Cl. The lowest BCUT2D eigenvalue weighted by Gasteiger charge is -2.39. The van der Waals surface area contributed by atoms with E-state index in [0.29, 0.717) is 12.8 Å². The standard InChI is InChI=1S/C12H21N3O2.ClH/c1-13-5-3-11(17)15-6-2-4-12(9-15)7-10(16)14-8-12;/h13H,2-9H2,1H3,(H,14,16);1H. The van der Waals surface area contributed by atoms with Crippen LogP contribution in [0.15, 0.2) is 0 Å². The van der Waals surface area contributed by atoms with Gasteiger partial charge in [-0.3, -0.25) is 9.59 Å². The fourth-order valence-electron chi connectivity index (χ4n) is 2.85. The Morgan fingerprint density at radius 3 is 2.94 bits per heavy atom. The van der Waals surface area contributed by atoms with Crippen LogP contribution in [0.1, 0.15) is 25.7 Å². The molecule has 0 aliphatic carbocycles. The number of hydrogen-bond donors (Lipinski definition) is 2. The van der Waals surface area contributed by atoms with E-state index in [4.69, 9.17) is 0 Å². The van der Waals surface area contributed by atoms with Crippen molar-refractivity contribution in [3.63, 3.8) is 0 Å². The zero-order chi connectivity index (χ0) is 12.3. The number of amides is 2. The molecule has 2 heterocycles. The molecule has 2 aliphatic rings. The summed E-state index contributed by atoms with van der Waals surface area (Å²) < 4.78 is 0. The Kier molecular flexibility index (Phi) is 5.41. The van der Waals surface area contributed by atoms with Crippen LogP contribution in [0, 0.1) is 5.41 Å². The molecular formula is C12H22ClN3O2. The quantitative estimate of drug-likeness (QED) is 0.771. The zero-order valence-corrected chi connectivity index (χ0v) is 11.6. The minimum atomic E-state index is 0. The molecule has 2 N–H and O–H groups in total. The monoisotopic (exact) mass is 275 g/mol. The number of nitrogens with zero attached hydrogens (tertiary/aromatic N) is 1. The Morgan fingerprint density at radius 1 is 1.56 bits per heavy atom. The predicted molar refractivity (Wildman–Crippen MR) is 71.7 cm³/mol. The molecule has 6 heteroatoms. The van der Waals surface area contributed by atoms with Gasteiger partial charge in [0.1, 0.15) is 0 Å². The maximum absolute atomic E-state index is 12.0. The molecule has 2 rings (SSSR count). The summed E-state index contributed by atoms with van der Waals surface area (Å²) in [5.41, 5.74) is 0.0185. The number of likely N-dealkylation sites (tertiary alicyclic amines) is 1. The molecule has 0 aromatic carbocycles. The van der Waals surface area contributed by atoms with Gasteiger partial charge < -0.3 is 15.5 Å². The van der Waals surface area contributed by atoms with Gasteiger partial charge in [0.15, 0.2) is 0 Å². The first-order valence-corrected chi connectivity index (χ1v) is 6.34. The molecule has 2 fully saturated rings. The summed E-state index contributed by atoms with van der Waals surface area (Å²) in [6.45, 7) is 3.05. The summed E-state index contributed by atoms with van der Waals surface area (Å²) in [6.07, 6.45) is 3.21. The Labute approximate surface area is 114 Å². The van der Waals surface area contributed by atoms with Gasteiger partial charge in [0.25, 0.3) is 0 Å². The summed E-state index contributed by atoms with van der Waals surface area (Å²) in [5, 5.41) is 5.89. The first-order valence-electron chi connectivity index (χ1n) is 6.34. The fourth-order valence-corrected chi connectivity index (χ4v) is 2.85. The third-order valence-electron chi connectivity index (χ3n) is 3.80. The Morgan fingerprint density at radius 2 is 2.33 bits per heavy atom. The van der Waals surface area contributed by atoms with Crippen molar-refractivity contribution < 1.29 is 9.59 Å². The van der Waals surface area contributed by atoms with Gasteiger partial charge in [-0.2, -0.15) is 0 Å². The van der Waals surface area contributed by atoms with Crippen molar-refractivity contribution in [1.29, 1.82) is 0 Å². The Balaban J connectivity index is 0.00000162. The second-order valence-electron chi connectivity index (χ2n) is 5.23. The van der Waals surface area contributed by atoms with E-state index in [0.717, 1.165) is 39.0 Å². The first-order chi connectivity index (χ1) is 8.15. The highest BCUT2D eigenvalue weighted by Gasteiger charge is 2.42. The number of halogens is 1. The normalized spacial score (nSPS) is 26.9. The Bertz CT molecular complexity index is 324. The van der Waals surface area contributed by atoms with E-state index in [1.165, 1.54) is 0 Å². The maximum atomic E-state index is 12.0. The summed E-state index contributed by atoms with van der Waals surface area (Å²) >= 11 is 0. The molecule has 2 saturated heterocycles. The molecule has 2 aliphatic heterocycles. The molecule has 0 aromatic rings. The van der Waals surface area contributed by atoms with Crippen LogP contribution in [0.25, 0.3) is 0 Å². The molecule has 0 aromatic heterocycles. The van der Waals surface area contributed by atoms with E-state index in [1.807, 2.05) is 11.9 Å². The number of piperidine rings is 1. The zero-order valence-electron chi connectivity index (χ0n) is 10.8. The van der Waals surface area contributed by atoms with Gasteiger partial charge >= 0.3 is 0 Å². The minimum absolute atomic E-state index is 0. The Hall–Kier alpha value is -0.810. The minimum Gasteiger partial charge on any atom is -0.355 e. The van der Waals surface area contributed by atoms with E-state index >= 15 is 0 Å². The van der Waals surface area contributed by atoms with E-state index in [9.17, 15) is 9.59 Å². The van der Waals surface area contributed by atoms with Gasteiger partial charge in [-0.15, -0.1) is 12.4 Å². The van der Waals surface area contributed by atoms with Crippen LogP contribution in [0.5, 0.6) is 0 Å². The van der Waals surface area contributed by atoms with E-state index in [-0.39, 0.29) is 29.6 Å². The molecule has 5 nitrogen and oxygen atoms in total. The van der Waals surface area contributed by atoms with Crippen LogP contribution in [0.3, 0.4) is 0 Å². The van der Waals surface area contributed by atoms with Crippen molar-refractivity contribution in [3.05, 3.63) is 0 Å². The van der Waals surface area contributed by atoms with Gasteiger partial charge in [-0.05, 0) is 19.9 Å². The number of carbonyl (C=O) groups excluding carboxylic acids is 2. The van der Waals surface area contributed by atoms with Crippen LogP contribution in [0.2, 0.25) is 0 Å². The van der Waals surface area contributed by atoms with Crippen molar-refractivity contribution in [2.75, 3.05) is 33.2 Å². The lowest BCUT2D eigenvalue weighted by Crippen LogP contribution is -2.47. The molecule has 2 amide bonds. The second kappa shape index (κ2) is 6.38. The molecule has 1 unspecified atom stereocenters. The van der Waals surface area contributed by atoms with Gasteiger partial charge in [0, 0.05) is 44.4 Å². The molecule has 1 atom stereocenters. The van der Waals surface area contributed by atoms with Crippen LogP contribution < -0.4 is 10.6 Å². The first kappa shape index (κ1) is 15.2. The van der Waals surface area contributed by atoms with Crippen LogP contribution >= 0.6 is 12.4 Å². The van der Waals surface area contributed by atoms with Crippen LogP contribution in [-0.4, -0.2) is 49.9 Å². The summed E-state index contributed by atoms with van der Waals surface area (Å²) in [4.78, 5) is 25.2. The largest absolute Gasteiger partial charge is 0.355 e. The van der Waals surface area contributed by atoms with Crippen molar-refractivity contribution >= 4 is 24.2 Å². The maximum Gasteiger partial charge on any atom is 0.223 e. The van der Waals surface area contributed by atoms with E-state index in [2.05, 4.69) is 10.6 Å². The van der Waals surface area contributed by atoms with Gasteiger partial charge in [0.05, 0.1) is 0 Å². The summed E-state index contributed by atoms with van der Waals surface area (Å²) in [7, 11) is 1.85. The molecule has 1 spiro atoms. The molecule has 18 heavy (non-hydrogen) atoms. The number of hydrogen-bond acceptors (Lipinski definition) is 3. The van der Waals surface area contributed by atoms with E-state index < -0.39 is 0 Å². The van der Waals surface area contributed by atoms with Crippen molar-refractivity contribution in [3.8, 4) is 0 Å². The average molecular weight is 276 g/mol. The lowest BCUT2D eigenvalue weighted by molar-refractivity contribution is -0.135. The van der Waals surface area contributed by atoms with Crippen LogP contribution in [-0.2, 0) is 9.59 Å². The predicted octanol–water partition coefficient (Wildman–Crippen LogP) is 0.146. The number of rotatable bonds is 3. The van der Waals surface area contributed by atoms with E-state index in [1.54, 1.807) is 0 Å². The average Bonchev–Trinajstić information content (AvgIpc) is 2.67. The topological polar surface area (TPSA) is 61.4 Å². The molecule has 104 valence electrons. The van der Waals surface area contributed by atoms with Gasteiger partial charge in [-0.1, -0.05) is 0 Å².